The number of unbranched alkanes of at least 4 members (excludes halogenated alkanes) is 10. The average Bonchev–Trinajstić information content (AvgIpc) is 2.99. The van der Waals surface area contributed by atoms with E-state index in [1.165, 1.54) is 87.9 Å². The SMILES string of the molecule is CCCCCCCCOc1cc([N+](=O)[O-])c(C(=O)Oc2cnc(-c3ccc(CCCCCCCC)cc3)cn2)cc1N. The molecule has 0 spiro atoms. The third-order valence-corrected chi connectivity index (χ3v) is 7.19. The van der Waals surface area contributed by atoms with Crippen LogP contribution < -0.4 is 15.2 Å². The maximum absolute atomic E-state index is 12.8. The molecule has 0 saturated carbocycles. The Hall–Kier alpha value is -4.01. The minimum atomic E-state index is -0.947. The molecule has 1 heterocycles. The molecule has 0 saturated heterocycles. The fourth-order valence-corrected chi connectivity index (χ4v) is 4.71. The molecule has 0 bridgehead atoms. The number of carbonyl (C=O) groups is 1. The van der Waals surface area contributed by atoms with Crippen LogP contribution in [0.25, 0.3) is 11.3 Å². The van der Waals surface area contributed by atoms with Crippen LogP contribution in [0.3, 0.4) is 0 Å². The molecule has 0 aliphatic heterocycles. The van der Waals surface area contributed by atoms with Gasteiger partial charge in [-0.2, -0.15) is 0 Å². The Morgan fingerprint density at radius 3 is 2.12 bits per heavy atom. The van der Waals surface area contributed by atoms with E-state index in [0.29, 0.717) is 12.3 Å². The van der Waals surface area contributed by atoms with Crippen molar-refractivity contribution in [2.24, 2.45) is 0 Å². The second kappa shape index (κ2) is 17.7. The first-order valence-electron chi connectivity index (χ1n) is 15.3. The van der Waals surface area contributed by atoms with Crippen molar-refractivity contribution in [2.75, 3.05) is 12.3 Å². The highest BCUT2D eigenvalue weighted by atomic mass is 16.6. The lowest BCUT2D eigenvalue weighted by molar-refractivity contribution is -0.385. The molecule has 0 radical (unpaired) electrons. The van der Waals surface area contributed by atoms with Crippen molar-refractivity contribution in [2.45, 2.75) is 97.3 Å². The minimum absolute atomic E-state index is 0.0697. The van der Waals surface area contributed by atoms with Crippen molar-refractivity contribution >= 4 is 17.3 Å². The van der Waals surface area contributed by atoms with Crippen molar-refractivity contribution in [1.29, 1.82) is 0 Å². The van der Waals surface area contributed by atoms with Crippen molar-refractivity contribution in [3.63, 3.8) is 0 Å². The normalized spacial score (nSPS) is 10.9. The van der Waals surface area contributed by atoms with Crippen LogP contribution in [0.15, 0.2) is 48.8 Å². The van der Waals surface area contributed by atoms with E-state index in [9.17, 15) is 14.9 Å². The molecule has 0 aliphatic carbocycles. The zero-order valence-electron chi connectivity index (χ0n) is 25.0. The Morgan fingerprint density at radius 1 is 0.857 bits per heavy atom. The van der Waals surface area contributed by atoms with Gasteiger partial charge in [0.15, 0.2) is 0 Å². The van der Waals surface area contributed by atoms with Crippen LogP contribution in [-0.2, 0) is 6.42 Å². The van der Waals surface area contributed by atoms with Crippen LogP contribution in [0.5, 0.6) is 11.6 Å². The van der Waals surface area contributed by atoms with E-state index in [4.69, 9.17) is 15.2 Å². The van der Waals surface area contributed by atoms with E-state index in [2.05, 4.69) is 35.9 Å². The summed E-state index contributed by atoms with van der Waals surface area (Å²) in [5.41, 5.74) is 8.27. The number of nitro groups is 1. The number of aromatic nitrogens is 2. The van der Waals surface area contributed by atoms with Gasteiger partial charge < -0.3 is 15.2 Å². The number of aryl methyl sites for hydroxylation is 1. The zero-order chi connectivity index (χ0) is 30.2. The van der Waals surface area contributed by atoms with Crippen LogP contribution in [-0.4, -0.2) is 27.5 Å². The fourth-order valence-electron chi connectivity index (χ4n) is 4.71. The first-order valence-corrected chi connectivity index (χ1v) is 15.3. The van der Waals surface area contributed by atoms with Gasteiger partial charge in [-0.1, -0.05) is 102 Å². The zero-order valence-corrected chi connectivity index (χ0v) is 25.0. The van der Waals surface area contributed by atoms with Gasteiger partial charge in [-0.25, -0.2) is 14.8 Å². The lowest BCUT2D eigenvalue weighted by Gasteiger charge is -2.11. The number of hydrogen-bond acceptors (Lipinski definition) is 8. The molecular weight excluding hydrogens is 532 g/mol. The first kappa shape index (κ1) is 32.5. The Bertz CT molecular complexity index is 1260. The van der Waals surface area contributed by atoms with E-state index in [-0.39, 0.29) is 22.9 Å². The molecule has 9 nitrogen and oxygen atoms in total. The predicted molar refractivity (Wildman–Crippen MR) is 166 cm³/mol. The van der Waals surface area contributed by atoms with Gasteiger partial charge >= 0.3 is 5.97 Å². The Labute approximate surface area is 249 Å². The number of nitrogen functional groups attached to an aromatic ring is 1. The minimum Gasteiger partial charge on any atom is -0.491 e. The summed E-state index contributed by atoms with van der Waals surface area (Å²) in [6.07, 6.45) is 18.0. The van der Waals surface area contributed by atoms with Crippen molar-refractivity contribution in [3.8, 4) is 22.9 Å². The topological polar surface area (TPSA) is 130 Å². The number of benzene rings is 2. The number of carbonyl (C=O) groups excluding carboxylic acids is 1. The summed E-state index contributed by atoms with van der Waals surface area (Å²) in [5.74, 6) is -0.842. The fraction of sp³-hybridized carbons (Fsp3) is 0.485. The maximum Gasteiger partial charge on any atom is 0.352 e. The van der Waals surface area contributed by atoms with E-state index < -0.39 is 16.6 Å². The van der Waals surface area contributed by atoms with Gasteiger partial charge in [0.2, 0.25) is 5.88 Å². The molecule has 2 aromatic carbocycles. The molecule has 0 atom stereocenters. The molecule has 42 heavy (non-hydrogen) atoms. The highest BCUT2D eigenvalue weighted by Crippen LogP contribution is 2.32. The summed E-state index contributed by atoms with van der Waals surface area (Å²) in [6, 6.07) is 10.6. The van der Waals surface area contributed by atoms with Gasteiger partial charge in [0.05, 0.1) is 41.4 Å². The Balaban J connectivity index is 1.56. The second-order valence-electron chi connectivity index (χ2n) is 10.6. The molecule has 226 valence electrons. The lowest BCUT2D eigenvalue weighted by Crippen LogP contribution is -2.13. The van der Waals surface area contributed by atoms with Crippen molar-refractivity contribution in [3.05, 3.63) is 70.0 Å². The molecule has 0 aliphatic rings. The van der Waals surface area contributed by atoms with Gasteiger partial charge in [-0.05, 0) is 30.9 Å². The molecule has 0 fully saturated rings. The number of ether oxygens (including phenoxy) is 2. The van der Waals surface area contributed by atoms with Gasteiger partial charge in [0, 0.05) is 5.56 Å². The van der Waals surface area contributed by atoms with Gasteiger partial charge in [-0.15, -0.1) is 0 Å². The lowest BCUT2D eigenvalue weighted by atomic mass is 10.0. The number of nitrogens with two attached hydrogens (primary N) is 1. The second-order valence-corrected chi connectivity index (χ2v) is 10.6. The summed E-state index contributed by atoms with van der Waals surface area (Å²) < 4.78 is 11.0. The van der Waals surface area contributed by atoms with Gasteiger partial charge in [0.1, 0.15) is 11.3 Å². The van der Waals surface area contributed by atoms with Crippen LogP contribution in [0.4, 0.5) is 11.4 Å². The average molecular weight is 577 g/mol. The van der Waals surface area contributed by atoms with E-state index in [1.807, 2.05) is 12.1 Å². The van der Waals surface area contributed by atoms with Crippen LogP contribution >= 0.6 is 0 Å². The quantitative estimate of drug-likeness (QED) is 0.0494. The Kier molecular flexibility index (Phi) is 13.7. The summed E-state index contributed by atoms with van der Waals surface area (Å²) in [7, 11) is 0. The van der Waals surface area contributed by atoms with Crippen molar-refractivity contribution in [1.82, 2.24) is 9.97 Å². The molecular formula is C33H44N4O5. The molecule has 3 aromatic rings. The van der Waals surface area contributed by atoms with E-state index in [1.54, 1.807) is 0 Å². The number of anilines is 1. The van der Waals surface area contributed by atoms with Crippen LogP contribution in [0.1, 0.15) is 107 Å². The summed E-state index contributed by atoms with van der Waals surface area (Å²) in [5, 5.41) is 11.7. The third kappa shape index (κ3) is 10.4. The molecule has 0 amide bonds. The molecule has 3 rings (SSSR count). The molecule has 9 heteroatoms. The summed E-state index contributed by atoms with van der Waals surface area (Å²) in [6.45, 7) is 4.78. The van der Waals surface area contributed by atoms with Crippen LogP contribution in [0.2, 0.25) is 0 Å². The molecule has 0 unspecified atom stereocenters. The first-order chi connectivity index (χ1) is 20.4. The standard InChI is InChI=1S/C33H44N4O5/c1-3-5-7-9-11-13-15-25-16-18-26(19-17-25)29-23-36-32(24-35-29)42-33(38)27-21-28(34)31(22-30(27)37(39)40)41-20-14-12-10-8-6-4-2/h16-19,21-24H,3-15,20,34H2,1-2H3. The van der Waals surface area contributed by atoms with Gasteiger partial charge in [-0.3, -0.25) is 10.1 Å². The van der Waals surface area contributed by atoms with E-state index >= 15 is 0 Å². The largest absolute Gasteiger partial charge is 0.491 e. The molecule has 1 aromatic heterocycles. The molecule has 2 N–H and O–H groups in total. The summed E-state index contributed by atoms with van der Waals surface area (Å²) in [4.78, 5) is 32.5. The highest BCUT2D eigenvalue weighted by molar-refractivity contribution is 5.97. The smallest absolute Gasteiger partial charge is 0.352 e. The van der Waals surface area contributed by atoms with Gasteiger partial charge in [0.25, 0.3) is 5.69 Å². The highest BCUT2D eigenvalue weighted by Gasteiger charge is 2.25. The monoisotopic (exact) mass is 576 g/mol. The maximum atomic E-state index is 12.8. The Morgan fingerprint density at radius 2 is 1.50 bits per heavy atom. The number of nitro benzene ring substituents is 1. The third-order valence-electron chi connectivity index (χ3n) is 7.19. The number of rotatable bonds is 19. The number of nitrogens with zero attached hydrogens (tertiary/aromatic N) is 3. The van der Waals surface area contributed by atoms with Crippen molar-refractivity contribution < 1.29 is 19.2 Å². The number of hydrogen-bond donors (Lipinski definition) is 1. The predicted octanol–water partition coefficient (Wildman–Crippen LogP) is 8.50. The van der Waals surface area contributed by atoms with Crippen LogP contribution in [0, 0.1) is 10.1 Å². The number of esters is 1. The summed E-state index contributed by atoms with van der Waals surface area (Å²) >= 11 is 0. The van der Waals surface area contributed by atoms with E-state index in [0.717, 1.165) is 31.2 Å².